The van der Waals surface area contributed by atoms with Crippen molar-refractivity contribution >= 4 is 43.2 Å². The molecule has 20 heavy (non-hydrogen) atoms. The fourth-order valence-corrected chi connectivity index (χ4v) is 3.76. The third-order valence-corrected chi connectivity index (χ3v) is 5.33. The predicted molar refractivity (Wildman–Crippen MR) is 92.5 cm³/mol. The standard InChI is InChI=1S/C15H17Br2NOS/c1-2-12(18)6-10-4-3-5-14(17)15(10)19-8-13-7-11(16)9-20-13/h3-5,7,9,12H,2,6,8,18H2,1H3. The molecule has 0 aliphatic carbocycles. The van der Waals surface area contributed by atoms with Crippen molar-refractivity contribution < 1.29 is 4.74 Å². The molecule has 1 atom stereocenters. The topological polar surface area (TPSA) is 35.2 Å². The highest BCUT2D eigenvalue weighted by molar-refractivity contribution is 9.10. The Morgan fingerprint density at radius 2 is 2.15 bits per heavy atom. The maximum absolute atomic E-state index is 6.06. The predicted octanol–water partition coefficient (Wildman–Crippen LogP) is 5.13. The van der Waals surface area contributed by atoms with E-state index in [1.807, 2.05) is 12.1 Å². The number of halogens is 2. The number of hydrogen-bond acceptors (Lipinski definition) is 3. The minimum absolute atomic E-state index is 0.169. The molecule has 1 aromatic heterocycles. The maximum Gasteiger partial charge on any atom is 0.137 e. The fraction of sp³-hybridized carbons (Fsp3) is 0.333. The smallest absolute Gasteiger partial charge is 0.137 e. The first kappa shape index (κ1) is 16.0. The van der Waals surface area contributed by atoms with E-state index in [1.54, 1.807) is 11.3 Å². The zero-order chi connectivity index (χ0) is 14.5. The van der Waals surface area contributed by atoms with E-state index in [0.717, 1.165) is 33.1 Å². The third kappa shape index (κ3) is 4.32. The highest BCUT2D eigenvalue weighted by Crippen LogP contribution is 2.31. The Kier molecular flexibility index (Phi) is 6.08. The Morgan fingerprint density at radius 1 is 1.35 bits per heavy atom. The van der Waals surface area contributed by atoms with Crippen LogP contribution in [-0.2, 0) is 13.0 Å². The molecule has 0 saturated heterocycles. The van der Waals surface area contributed by atoms with E-state index in [1.165, 1.54) is 4.88 Å². The summed E-state index contributed by atoms with van der Waals surface area (Å²) in [6.45, 7) is 2.68. The van der Waals surface area contributed by atoms with Crippen LogP contribution in [-0.4, -0.2) is 6.04 Å². The second-order valence-electron chi connectivity index (χ2n) is 4.62. The molecule has 0 fully saturated rings. The van der Waals surface area contributed by atoms with Crippen LogP contribution in [0, 0.1) is 0 Å². The number of hydrogen-bond donors (Lipinski definition) is 1. The lowest BCUT2D eigenvalue weighted by Gasteiger charge is -2.15. The zero-order valence-corrected chi connectivity index (χ0v) is 15.2. The van der Waals surface area contributed by atoms with Crippen LogP contribution in [0.15, 0.2) is 38.6 Å². The molecule has 1 heterocycles. The fourth-order valence-electron chi connectivity index (χ4n) is 1.88. The average molecular weight is 419 g/mol. The molecule has 0 spiro atoms. The first-order valence-corrected chi connectivity index (χ1v) is 8.95. The van der Waals surface area contributed by atoms with Crippen LogP contribution < -0.4 is 10.5 Å². The zero-order valence-electron chi connectivity index (χ0n) is 11.2. The number of rotatable bonds is 6. The van der Waals surface area contributed by atoms with Crippen molar-refractivity contribution in [3.05, 3.63) is 49.0 Å². The molecule has 1 aromatic carbocycles. The number of para-hydroxylation sites is 1. The SMILES string of the molecule is CCC(N)Cc1cccc(Br)c1OCc1cc(Br)cs1. The lowest BCUT2D eigenvalue weighted by Crippen LogP contribution is -2.21. The molecule has 0 aliphatic rings. The van der Waals surface area contributed by atoms with Crippen LogP contribution in [0.3, 0.4) is 0 Å². The molecule has 0 radical (unpaired) electrons. The summed E-state index contributed by atoms with van der Waals surface area (Å²) in [7, 11) is 0. The van der Waals surface area contributed by atoms with E-state index in [9.17, 15) is 0 Å². The van der Waals surface area contributed by atoms with E-state index in [2.05, 4.69) is 56.3 Å². The number of thiophene rings is 1. The molecule has 1 unspecified atom stereocenters. The summed E-state index contributed by atoms with van der Waals surface area (Å²) in [5, 5.41) is 2.06. The normalized spacial score (nSPS) is 12.4. The molecule has 0 saturated carbocycles. The molecule has 0 aliphatic heterocycles. The van der Waals surface area contributed by atoms with E-state index >= 15 is 0 Å². The molecule has 2 aromatic rings. The van der Waals surface area contributed by atoms with Gasteiger partial charge >= 0.3 is 0 Å². The molecule has 2 nitrogen and oxygen atoms in total. The first-order valence-electron chi connectivity index (χ1n) is 6.48. The Balaban J connectivity index is 2.12. The van der Waals surface area contributed by atoms with Gasteiger partial charge in [-0.3, -0.25) is 0 Å². The van der Waals surface area contributed by atoms with Gasteiger partial charge in [-0.05, 0) is 62.4 Å². The maximum atomic E-state index is 6.06. The van der Waals surface area contributed by atoms with Crippen LogP contribution in [0.1, 0.15) is 23.8 Å². The Hall–Kier alpha value is -0.360. The molecule has 2 N–H and O–H groups in total. The Labute approximate surface area is 140 Å². The monoisotopic (exact) mass is 417 g/mol. The Bertz CT molecular complexity index is 571. The van der Waals surface area contributed by atoms with Crippen LogP contribution in [0.5, 0.6) is 5.75 Å². The number of nitrogens with two attached hydrogens (primary N) is 1. The second kappa shape index (κ2) is 7.59. The largest absolute Gasteiger partial charge is 0.487 e. The van der Waals surface area contributed by atoms with Gasteiger partial charge in [0, 0.05) is 20.8 Å². The van der Waals surface area contributed by atoms with E-state index < -0.39 is 0 Å². The van der Waals surface area contributed by atoms with Crippen molar-refractivity contribution in [2.75, 3.05) is 0 Å². The van der Waals surface area contributed by atoms with Gasteiger partial charge in [0.15, 0.2) is 0 Å². The molecule has 5 heteroatoms. The minimum Gasteiger partial charge on any atom is -0.487 e. The summed E-state index contributed by atoms with van der Waals surface area (Å²) in [6.07, 6.45) is 1.79. The highest BCUT2D eigenvalue weighted by Gasteiger charge is 2.11. The van der Waals surface area contributed by atoms with Crippen molar-refractivity contribution in [1.82, 2.24) is 0 Å². The van der Waals surface area contributed by atoms with Crippen molar-refractivity contribution in [3.8, 4) is 5.75 Å². The number of benzene rings is 1. The van der Waals surface area contributed by atoms with Crippen molar-refractivity contribution in [2.24, 2.45) is 5.73 Å². The quantitative estimate of drug-likeness (QED) is 0.705. The minimum atomic E-state index is 0.169. The molecule has 0 bridgehead atoms. The third-order valence-electron chi connectivity index (χ3n) is 3.04. The van der Waals surface area contributed by atoms with Gasteiger partial charge < -0.3 is 10.5 Å². The number of ether oxygens (including phenoxy) is 1. The van der Waals surface area contributed by atoms with Gasteiger partial charge in [-0.15, -0.1) is 11.3 Å². The summed E-state index contributed by atoms with van der Waals surface area (Å²) in [4.78, 5) is 1.19. The molecule has 108 valence electrons. The summed E-state index contributed by atoms with van der Waals surface area (Å²) in [5.74, 6) is 0.904. The van der Waals surface area contributed by atoms with Gasteiger partial charge in [-0.1, -0.05) is 19.1 Å². The highest BCUT2D eigenvalue weighted by atomic mass is 79.9. The van der Waals surface area contributed by atoms with E-state index in [4.69, 9.17) is 10.5 Å². The average Bonchev–Trinajstić information content (AvgIpc) is 2.83. The lowest BCUT2D eigenvalue weighted by molar-refractivity contribution is 0.303. The van der Waals surface area contributed by atoms with Gasteiger partial charge in [0.05, 0.1) is 4.47 Å². The van der Waals surface area contributed by atoms with Gasteiger partial charge in [-0.2, -0.15) is 0 Å². The lowest BCUT2D eigenvalue weighted by atomic mass is 10.0. The summed E-state index contributed by atoms with van der Waals surface area (Å²) >= 11 is 8.71. The van der Waals surface area contributed by atoms with E-state index in [0.29, 0.717) is 6.61 Å². The van der Waals surface area contributed by atoms with Crippen LogP contribution in [0.2, 0.25) is 0 Å². The summed E-state index contributed by atoms with van der Waals surface area (Å²) < 4.78 is 8.08. The molecular weight excluding hydrogens is 402 g/mol. The molecule has 0 amide bonds. The van der Waals surface area contributed by atoms with Crippen molar-refractivity contribution in [1.29, 1.82) is 0 Å². The summed E-state index contributed by atoms with van der Waals surface area (Å²) in [5.41, 5.74) is 7.22. The van der Waals surface area contributed by atoms with E-state index in [-0.39, 0.29) is 6.04 Å². The second-order valence-corrected chi connectivity index (χ2v) is 7.39. The van der Waals surface area contributed by atoms with Gasteiger partial charge in [0.2, 0.25) is 0 Å². The van der Waals surface area contributed by atoms with Crippen LogP contribution >= 0.6 is 43.2 Å². The van der Waals surface area contributed by atoms with Crippen LogP contribution in [0.25, 0.3) is 0 Å². The molecule has 2 rings (SSSR count). The first-order chi connectivity index (χ1) is 9.60. The Morgan fingerprint density at radius 3 is 2.80 bits per heavy atom. The molecular formula is C15H17Br2NOS. The van der Waals surface area contributed by atoms with Crippen molar-refractivity contribution in [3.63, 3.8) is 0 Å². The summed E-state index contributed by atoms with van der Waals surface area (Å²) in [6, 6.07) is 8.36. The van der Waals surface area contributed by atoms with Gasteiger partial charge in [0.25, 0.3) is 0 Å². The van der Waals surface area contributed by atoms with Gasteiger partial charge in [-0.25, -0.2) is 0 Å². The van der Waals surface area contributed by atoms with Crippen molar-refractivity contribution in [2.45, 2.75) is 32.4 Å². The van der Waals surface area contributed by atoms with Crippen LogP contribution in [0.4, 0.5) is 0 Å². The van der Waals surface area contributed by atoms with Gasteiger partial charge in [0.1, 0.15) is 12.4 Å².